The molecule has 1 saturated heterocycles. The maximum absolute atomic E-state index is 12.6. The topological polar surface area (TPSA) is 70.7 Å². The SMILES string of the molecule is COC(=O)N1CCC(NC(=O)Nc2c(C(C)C)cccc2C(C)C)CC1. The number of benzene rings is 1. The lowest BCUT2D eigenvalue weighted by atomic mass is 9.93. The molecule has 1 fully saturated rings. The highest BCUT2D eigenvalue weighted by atomic mass is 16.5. The molecule has 1 heterocycles. The molecule has 0 aliphatic carbocycles. The number of nitrogens with zero attached hydrogens (tertiary/aromatic N) is 1. The number of ether oxygens (including phenoxy) is 1. The van der Waals surface area contributed by atoms with Gasteiger partial charge in [-0.05, 0) is 35.8 Å². The minimum Gasteiger partial charge on any atom is -0.453 e. The van der Waals surface area contributed by atoms with Gasteiger partial charge in [0, 0.05) is 24.8 Å². The molecule has 26 heavy (non-hydrogen) atoms. The van der Waals surface area contributed by atoms with Crippen molar-refractivity contribution in [2.75, 3.05) is 25.5 Å². The lowest BCUT2D eigenvalue weighted by Crippen LogP contribution is -2.47. The van der Waals surface area contributed by atoms with Crippen molar-refractivity contribution in [1.82, 2.24) is 10.2 Å². The van der Waals surface area contributed by atoms with Gasteiger partial charge >= 0.3 is 12.1 Å². The minimum atomic E-state index is -0.305. The Balaban J connectivity index is 2.01. The molecule has 2 rings (SSSR count). The number of anilines is 1. The molecule has 0 aromatic heterocycles. The van der Waals surface area contributed by atoms with Gasteiger partial charge in [-0.2, -0.15) is 0 Å². The molecule has 6 heteroatoms. The maximum atomic E-state index is 12.6. The normalized spacial score (nSPS) is 15.3. The van der Waals surface area contributed by atoms with Gasteiger partial charge in [-0.3, -0.25) is 0 Å². The number of hydrogen-bond donors (Lipinski definition) is 2. The molecular weight excluding hydrogens is 330 g/mol. The molecule has 1 aliphatic rings. The third kappa shape index (κ3) is 4.90. The zero-order valence-electron chi connectivity index (χ0n) is 16.5. The van der Waals surface area contributed by atoms with Gasteiger partial charge in [0.15, 0.2) is 0 Å². The van der Waals surface area contributed by atoms with Crippen molar-refractivity contribution in [2.45, 2.75) is 58.4 Å². The standard InChI is InChI=1S/C20H31N3O3/c1-13(2)16-7-6-8-17(14(3)4)18(16)22-19(24)21-15-9-11-23(12-10-15)20(25)26-5/h6-8,13-15H,9-12H2,1-5H3,(H2,21,22,24). The van der Waals surface area contributed by atoms with Gasteiger partial charge in [-0.1, -0.05) is 45.9 Å². The predicted molar refractivity (Wildman–Crippen MR) is 104 cm³/mol. The Hall–Kier alpha value is -2.24. The number of likely N-dealkylation sites (tertiary alicyclic amines) is 1. The van der Waals surface area contributed by atoms with Crippen LogP contribution in [0.25, 0.3) is 0 Å². The van der Waals surface area contributed by atoms with E-state index in [1.54, 1.807) is 4.90 Å². The molecule has 6 nitrogen and oxygen atoms in total. The average Bonchev–Trinajstić information content (AvgIpc) is 2.61. The van der Waals surface area contributed by atoms with Crippen molar-refractivity contribution in [1.29, 1.82) is 0 Å². The zero-order chi connectivity index (χ0) is 19.3. The summed E-state index contributed by atoms with van der Waals surface area (Å²) in [4.78, 5) is 25.8. The molecule has 0 bridgehead atoms. The highest BCUT2D eigenvalue weighted by molar-refractivity contribution is 5.91. The van der Waals surface area contributed by atoms with Gasteiger partial charge in [0.1, 0.15) is 0 Å². The third-order valence-corrected chi connectivity index (χ3v) is 4.87. The van der Waals surface area contributed by atoms with Crippen LogP contribution in [-0.2, 0) is 4.74 Å². The van der Waals surface area contributed by atoms with Crippen molar-refractivity contribution in [3.05, 3.63) is 29.3 Å². The fourth-order valence-corrected chi connectivity index (χ4v) is 3.37. The number of para-hydroxylation sites is 1. The molecule has 0 unspecified atom stereocenters. The highest BCUT2D eigenvalue weighted by Crippen LogP contribution is 2.32. The summed E-state index contributed by atoms with van der Waals surface area (Å²) in [7, 11) is 1.39. The summed E-state index contributed by atoms with van der Waals surface area (Å²) in [5.74, 6) is 0.652. The van der Waals surface area contributed by atoms with Crippen LogP contribution >= 0.6 is 0 Å². The van der Waals surface area contributed by atoms with Crippen LogP contribution in [0.15, 0.2) is 18.2 Å². The first-order valence-electron chi connectivity index (χ1n) is 9.36. The van der Waals surface area contributed by atoms with Gasteiger partial charge in [0.05, 0.1) is 7.11 Å². The summed E-state index contributed by atoms with van der Waals surface area (Å²) in [6, 6.07) is 6.07. The third-order valence-electron chi connectivity index (χ3n) is 4.87. The maximum Gasteiger partial charge on any atom is 0.409 e. The highest BCUT2D eigenvalue weighted by Gasteiger charge is 2.25. The molecular formula is C20H31N3O3. The van der Waals surface area contributed by atoms with Gasteiger partial charge in [0.25, 0.3) is 0 Å². The Morgan fingerprint density at radius 3 is 2.08 bits per heavy atom. The van der Waals surface area contributed by atoms with E-state index in [4.69, 9.17) is 4.74 Å². The van der Waals surface area contributed by atoms with E-state index in [1.807, 2.05) is 0 Å². The first-order chi connectivity index (χ1) is 12.3. The lowest BCUT2D eigenvalue weighted by Gasteiger charge is -2.31. The number of methoxy groups -OCH3 is 1. The number of piperidine rings is 1. The Morgan fingerprint density at radius 1 is 1.08 bits per heavy atom. The number of amides is 3. The second-order valence-electron chi connectivity index (χ2n) is 7.45. The second kappa shape index (κ2) is 8.92. The number of nitrogens with one attached hydrogen (secondary N) is 2. The van der Waals surface area contributed by atoms with Crippen LogP contribution in [0.2, 0.25) is 0 Å². The Bertz CT molecular complexity index is 609. The van der Waals surface area contributed by atoms with Gasteiger partial charge in [-0.25, -0.2) is 9.59 Å². The zero-order valence-corrected chi connectivity index (χ0v) is 16.5. The summed E-state index contributed by atoms with van der Waals surface area (Å²) in [5.41, 5.74) is 3.21. The molecule has 0 atom stereocenters. The van der Waals surface area contributed by atoms with Crippen LogP contribution in [0.3, 0.4) is 0 Å². The summed E-state index contributed by atoms with van der Waals surface area (Å²) in [6.45, 7) is 9.71. The fraction of sp³-hybridized carbons (Fsp3) is 0.600. The van der Waals surface area contributed by atoms with Crippen molar-refractivity contribution in [3.8, 4) is 0 Å². The van der Waals surface area contributed by atoms with E-state index >= 15 is 0 Å². The van der Waals surface area contributed by atoms with Crippen molar-refractivity contribution in [2.24, 2.45) is 0 Å². The van der Waals surface area contributed by atoms with Gasteiger partial charge in [-0.15, -0.1) is 0 Å². The summed E-state index contributed by atoms with van der Waals surface area (Å²) in [6.07, 6.45) is 1.15. The van der Waals surface area contributed by atoms with Crippen LogP contribution in [0, 0.1) is 0 Å². The number of hydrogen-bond acceptors (Lipinski definition) is 3. The van der Waals surface area contributed by atoms with Gasteiger partial charge in [0.2, 0.25) is 0 Å². The molecule has 2 N–H and O–H groups in total. The van der Waals surface area contributed by atoms with Crippen LogP contribution in [0.1, 0.15) is 63.5 Å². The monoisotopic (exact) mass is 361 g/mol. The van der Waals surface area contributed by atoms with Crippen molar-refractivity contribution < 1.29 is 14.3 Å². The fourth-order valence-electron chi connectivity index (χ4n) is 3.37. The van der Waals surface area contributed by atoms with E-state index in [0.29, 0.717) is 24.9 Å². The predicted octanol–water partition coefficient (Wildman–Crippen LogP) is 4.29. The minimum absolute atomic E-state index is 0.0598. The van der Waals surface area contributed by atoms with Crippen LogP contribution in [-0.4, -0.2) is 43.3 Å². The number of carbonyl (C=O) groups excluding carboxylic acids is 2. The molecule has 1 aliphatic heterocycles. The molecule has 144 valence electrons. The average molecular weight is 361 g/mol. The molecule has 1 aromatic rings. The smallest absolute Gasteiger partial charge is 0.409 e. The molecule has 0 radical (unpaired) electrons. The Morgan fingerprint density at radius 2 is 1.62 bits per heavy atom. The van der Waals surface area contributed by atoms with E-state index in [0.717, 1.165) is 29.7 Å². The summed E-state index contributed by atoms with van der Waals surface area (Å²) >= 11 is 0. The summed E-state index contributed by atoms with van der Waals surface area (Å²) in [5, 5.41) is 6.13. The second-order valence-corrected chi connectivity index (χ2v) is 7.45. The van der Waals surface area contributed by atoms with E-state index in [-0.39, 0.29) is 18.2 Å². The van der Waals surface area contributed by atoms with Crippen LogP contribution < -0.4 is 10.6 Å². The molecule has 1 aromatic carbocycles. The van der Waals surface area contributed by atoms with Crippen molar-refractivity contribution in [3.63, 3.8) is 0 Å². The number of urea groups is 1. The Kier molecular flexibility index (Phi) is 6.89. The number of rotatable bonds is 4. The van der Waals surface area contributed by atoms with E-state index in [2.05, 4.69) is 56.5 Å². The first-order valence-corrected chi connectivity index (χ1v) is 9.36. The number of carbonyl (C=O) groups is 2. The quantitative estimate of drug-likeness (QED) is 0.840. The van der Waals surface area contributed by atoms with Crippen LogP contribution in [0.4, 0.5) is 15.3 Å². The first kappa shape index (κ1) is 20.1. The van der Waals surface area contributed by atoms with E-state index in [1.165, 1.54) is 7.11 Å². The van der Waals surface area contributed by atoms with E-state index in [9.17, 15) is 9.59 Å². The Labute approximate surface area is 156 Å². The van der Waals surface area contributed by atoms with Gasteiger partial charge < -0.3 is 20.3 Å². The largest absolute Gasteiger partial charge is 0.453 e. The lowest BCUT2D eigenvalue weighted by molar-refractivity contribution is 0.110. The molecule has 0 saturated carbocycles. The molecule has 0 spiro atoms. The summed E-state index contributed by atoms with van der Waals surface area (Å²) < 4.78 is 4.74. The van der Waals surface area contributed by atoms with Crippen molar-refractivity contribution >= 4 is 17.8 Å². The van der Waals surface area contributed by atoms with Crippen LogP contribution in [0.5, 0.6) is 0 Å². The van der Waals surface area contributed by atoms with E-state index < -0.39 is 0 Å². The molecule has 3 amide bonds.